The number of rotatable bonds is 1. The lowest BCUT2D eigenvalue weighted by molar-refractivity contribution is 1.53. The first kappa shape index (κ1) is 3.54. The van der Waals surface area contributed by atoms with Crippen molar-refractivity contribution in [1.29, 1.82) is 0 Å². The van der Waals surface area contributed by atoms with E-state index in [1.807, 2.05) is 0 Å². The van der Waals surface area contributed by atoms with E-state index < -0.39 is 0 Å². The summed E-state index contributed by atoms with van der Waals surface area (Å²) in [6, 6.07) is 0. The molecule has 1 fully saturated rings. The molecule has 1 aliphatic heterocycles. The van der Waals surface area contributed by atoms with Crippen LogP contribution in [0.4, 0.5) is 0 Å². The molecule has 0 aromatic heterocycles. The monoisotopic (exact) mass is 89.0 g/mol. The van der Waals surface area contributed by atoms with E-state index in [0.29, 0.717) is 0 Å². The van der Waals surface area contributed by atoms with Crippen LogP contribution in [0.15, 0.2) is 0 Å². The van der Waals surface area contributed by atoms with Crippen molar-refractivity contribution < 1.29 is 0 Å². The fraction of sp³-hybridized carbons (Fsp3) is 1.00. The highest BCUT2D eigenvalue weighted by molar-refractivity contribution is 8.03. The number of hydrogen-bond acceptors (Lipinski definition) is 0. The standard InChI is InChI=1S/C4H9S/c1-2-5-3-4-5/h2-4H2,1H3/q+1. The van der Waals surface area contributed by atoms with Gasteiger partial charge >= 0.3 is 0 Å². The molecule has 1 aliphatic rings. The third-order valence-electron chi connectivity index (χ3n) is 0.901. The van der Waals surface area contributed by atoms with E-state index in [4.69, 9.17) is 0 Å². The van der Waals surface area contributed by atoms with Crippen LogP contribution < -0.4 is 0 Å². The van der Waals surface area contributed by atoms with E-state index in [1.165, 1.54) is 17.3 Å². The molecule has 0 bridgehead atoms. The van der Waals surface area contributed by atoms with E-state index >= 15 is 0 Å². The quantitative estimate of drug-likeness (QED) is 0.326. The van der Waals surface area contributed by atoms with Crippen LogP contribution in [0.1, 0.15) is 6.92 Å². The van der Waals surface area contributed by atoms with Crippen LogP contribution >= 0.6 is 0 Å². The lowest BCUT2D eigenvalue weighted by Gasteiger charge is -1.62. The van der Waals surface area contributed by atoms with Gasteiger partial charge in [0.2, 0.25) is 0 Å². The second-order valence-electron chi connectivity index (χ2n) is 1.31. The van der Waals surface area contributed by atoms with Crippen molar-refractivity contribution in [3.63, 3.8) is 0 Å². The second kappa shape index (κ2) is 1.21. The van der Waals surface area contributed by atoms with Crippen molar-refractivity contribution in [2.75, 3.05) is 17.3 Å². The molecule has 0 aliphatic carbocycles. The third-order valence-corrected chi connectivity index (χ3v) is 2.70. The van der Waals surface area contributed by atoms with Gasteiger partial charge in [-0.15, -0.1) is 0 Å². The first-order valence-corrected chi connectivity index (χ1v) is 3.81. The lowest BCUT2D eigenvalue weighted by Crippen LogP contribution is -1.76. The fourth-order valence-corrected chi connectivity index (χ4v) is 1.40. The molecule has 1 rings (SSSR count). The third kappa shape index (κ3) is 0.839. The van der Waals surface area contributed by atoms with Gasteiger partial charge in [0, 0.05) is 0 Å². The lowest BCUT2D eigenvalue weighted by atomic mass is 11.0. The molecule has 1 heterocycles. The Morgan fingerprint density at radius 1 is 1.60 bits per heavy atom. The summed E-state index contributed by atoms with van der Waals surface area (Å²) in [7, 11) is 0.927. The Balaban J connectivity index is 2.00. The molecule has 30 valence electrons. The van der Waals surface area contributed by atoms with Crippen LogP contribution in [0.5, 0.6) is 0 Å². The molecule has 0 amide bonds. The molecule has 5 heavy (non-hydrogen) atoms. The van der Waals surface area contributed by atoms with Crippen LogP contribution in [0.2, 0.25) is 0 Å². The van der Waals surface area contributed by atoms with Gasteiger partial charge in [0.05, 0.1) is 0 Å². The highest BCUT2D eigenvalue weighted by Gasteiger charge is 2.30. The van der Waals surface area contributed by atoms with Crippen LogP contribution in [0.3, 0.4) is 0 Å². The minimum Gasteiger partial charge on any atom is -0.0198 e. The summed E-state index contributed by atoms with van der Waals surface area (Å²) in [5.74, 6) is 4.52. The molecule has 0 aromatic carbocycles. The van der Waals surface area contributed by atoms with Gasteiger partial charge in [-0.25, -0.2) is 0 Å². The van der Waals surface area contributed by atoms with Crippen molar-refractivity contribution >= 4 is 10.9 Å². The molecule has 0 radical (unpaired) electrons. The van der Waals surface area contributed by atoms with Gasteiger partial charge in [0.25, 0.3) is 0 Å². The van der Waals surface area contributed by atoms with Gasteiger partial charge in [0.15, 0.2) is 11.5 Å². The SMILES string of the molecule is CC[S+]1CC1. The van der Waals surface area contributed by atoms with Crippen molar-refractivity contribution in [2.24, 2.45) is 0 Å². The Hall–Kier alpha value is 0.350. The van der Waals surface area contributed by atoms with Crippen molar-refractivity contribution in [1.82, 2.24) is 0 Å². The van der Waals surface area contributed by atoms with E-state index in [-0.39, 0.29) is 0 Å². The Morgan fingerprint density at radius 2 is 2.20 bits per heavy atom. The van der Waals surface area contributed by atoms with Gasteiger partial charge in [-0.3, -0.25) is 0 Å². The van der Waals surface area contributed by atoms with Crippen LogP contribution in [-0.4, -0.2) is 17.3 Å². The van der Waals surface area contributed by atoms with E-state index in [9.17, 15) is 0 Å². The molecule has 0 aromatic rings. The van der Waals surface area contributed by atoms with Gasteiger partial charge in [0.1, 0.15) is 5.75 Å². The largest absolute Gasteiger partial charge is 0.152 e. The zero-order chi connectivity index (χ0) is 3.70. The van der Waals surface area contributed by atoms with Gasteiger partial charge in [-0.2, -0.15) is 0 Å². The predicted octanol–water partition coefficient (Wildman–Crippen LogP) is 0.638. The highest BCUT2D eigenvalue weighted by Crippen LogP contribution is 2.10. The summed E-state index contributed by atoms with van der Waals surface area (Å²) in [6.45, 7) is 2.27. The zero-order valence-corrected chi connectivity index (χ0v) is 4.35. The number of hydrogen-bond donors (Lipinski definition) is 0. The molecule has 0 N–H and O–H groups in total. The highest BCUT2D eigenvalue weighted by atomic mass is 32.2. The summed E-state index contributed by atoms with van der Waals surface area (Å²) < 4.78 is 0. The van der Waals surface area contributed by atoms with E-state index in [2.05, 4.69) is 6.92 Å². The summed E-state index contributed by atoms with van der Waals surface area (Å²) in [4.78, 5) is 0. The Kier molecular flexibility index (Phi) is 0.856. The minimum absolute atomic E-state index is 0.927. The van der Waals surface area contributed by atoms with Gasteiger partial charge in [-0.05, 0) is 17.8 Å². The molecule has 0 nitrogen and oxygen atoms in total. The van der Waals surface area contributed by atoms with Crippen LogP contribution in [0.25, 0.3) is 0 Å². The maximum absolute atomic E-state index is 2.27. The molecule has 0 unspecified atom stereocenters. The zero-order valence-electron chi connectivity index (χ0n) is 3.53. The molecule has 0 spiro atoms. The maximum Gasteiger partial charge on any atom is 0.152 e. The van der Waals surface area contributed by atoms with Crippen LogP contribution in [-0.2, 0) is 10.9 Å². The molecular formula is C4H9S+. The Bertz CT molecular complexity index is 30.6. The van der Waals surface area contributed by atoms with E-state index in [0.717, 1.165) is 10.9 Å². The first-order chi connectivity index (χ1) is 2.43. The summed E-state index contributed by atoms with van der Waals surface area (Å²) in [6.07, 6.45) is 0. The van der Waals surface area contributed by atoms with Crippen molar-refractivity contribution in [3.05, 3.63) is 0 Å². The van der Waals surface area contributed by atoms with Gasteiger partial charge in [-0.1, -0.05) is 0 Å². The average molecular weight is 89.2 g/mol. The van der Waals surface area contributed by atoms with Crippen molar-refractivity contribution in [3.8, 4) is 0 Å². The average Bonchev–Trinajstić information content (AvgIpc) is 2.12. The Morgan fingerprint density at radius 3 is 2.20 bits per heavy atom. The normalized spacial score (nSPS) is 23.4. The molecule has 1 saturated heterocycles. The fourth-order valence-electron chi connectivity index (χ4n) is 0.348. The molecular weight excluding hydrogens is 80.1 g/mol. The maximum atomic E-state index is 2.27. The molecule has 1 heteroatoms. The smallest absolute Gasteiger partial charge is 0.0198 e. The first-order valence-electron chi connectivity index (χ1n) is 2.07. The topological polar surface area (TPSA) is 0 Å². The van der Waals surface area contributed by atoms with Crippen LogP contribution in [0, 0.1) is 0 Å². The Labute approximate surface area is 35.9 Å². The molecule has 0 atom stereocenters. The second-order valence-corrected chi connectivity index (χ2v) is 3.93. The van der Waals surface area contributed by atoms with Crippen molar-refractivity contribution in [2.45, 2.75) is 6.92 Å². The summed E-state index contributed by atoms with van der Waals surface area (Å²) in [5.41, 5.74) is 0. The predicted molar refractivity (Wildman–Crippen MR) is 27.6 cm³/mol. The summed E-state index contributed by atoms with van der Waals surface area (Å²) in [5, 5.41) is 0. The summed E-state index contributed by atoms with van der Waals surface area (Å²) >= 11 is 0. The van der Waals surface area contributed by atoms with Gasteiger partial charge < -0.3 is 0 Å². The molecule has 0 saturated carbocycles. The minimum atomic E-state index is 0.927. The van der Waals surface area contributed by atoms with E-state index in [1.54, 1.807) is 0 Å².